The molecule has 2 aromatic carbocycles. The van der Waals surface area contributed by atoms with E-state index in [0.29, 0.717) is 24.6 Å². The molecule has 1 amide bonds. The van der Waals surface area contributed by atoms with Gasteiger partial charge in [0.05, 0.1) is 19.1 Å². The second-order valence-electron chi connectivity index (χ2n) is 6.91. The van der Waals surface area contributed by atoms with Crippen molar-refractivity contribution in [1.29, 1.82) is 0 Å². The number of amides is 1. The lowest BCUT2D eigenvalue weighted by molar-refractivity contribution is -0.136. The van der Waals surface area contributed by atoms with Crippen LogP contribution in [0, 0.1) is 0 Å². The van der Waals surface area contributed by atoms with E-state index in [1.807, 2.05) is 49.4 Å². The van der Waals surface area contributed by atoms with Crippen molar-refractivity contribution in [3.8, 4) is 0 Å². The molecule has 0 aliphatic carbocycles. The van der Waals surface area contributed by atoms with Crippen LogP contribution in [0.3, 0.4) is 0 Å². The molecule has 5 heteroatoms. The summed E-state index contributed by atoms with van der Waals surface area (Å²) in [7, 11) is 0. The maximum absolute atomic E-state index is 13.0. The van der Waals surface area contributed by atoms with E-state index in [9.17, 15) is 9.90 Å². The number of carbonyl (C=O) groups is 1. The molecule has 138 valence electrons. The van der Waals surface area contributed by atoms with Gasteiger partial charge in [-0.15, -0.1) is 0 Å². The van der Waals surface area contributed by atoms with Gasteiger partial charge >= 0.3 is 0 Å². The van der Waals surface area contributed by atoms with Crippen LogP contribution in [0.4, 0.5) is 0 Å². The van der Waals surface area contributed by atoms with Crippen LogP contribution in [0.5, 0.6) is 0 Å². The molecule has 1 aliphatic rings. The molecule has 1 aliphatic heterocycles. The molecule has 1 saturated heterocycles. The normalized spacial score (nSPS) is 22.3. The Bertz CT molecular complexity index is 752. The van der Waals surface area contributed by atoms with E-state index in [4.69, 9.17) is 16.3 Å². The van der Waals surface area contributed by atoms with Gasteiger partial charge in [0.15, 0.2) is 0 Å². The molecule has 2 atom stereocenters. The van der Waals surface area contributed by atoms with Gasteiger partial charge in [0.2, 0.25) is 5.91 Å². The summed E-state index contributed by atoms with van der Waals surface area (Å²) in [6.45, 7) is 3.08. The Labute approximate surface area is 159 Å². The standard InChI is InChI=1S/C21H24ClNO3/c1-16-21(25,10-11-26-16)15-23(14-17-6-3-2-4-7-17)20(24)13-18-8-5-9-19(22)12-18/h2-9,12,16,25H,10-11,13-15H2,1H3. The van der Waals surface area contributed by atoms with Gasteiger partial charge in [-0.25, -0.2) is 0 Å². The van der Waals surface area contributed by atoms with Crippen LogP contribution in [0.15, 0.2) is 54.6 Å². The first-order valence-corrected chi connectivity index (χ1v) is 9.24. The van der Waals surface area contributed by atoms with Gasteiger partial charge in [-0.1, -0.05) is 54.1 Å². The topological polar surface area (TPSA) is 49.8 Å². The number of nitrogens with zero attached hydrogens (tertiary/aromatic N) is 1. The first-order valence-electron chi connectivity index (χ1n) is 8.86. The van der Waals surface area contributed by atoms with Crippen molar-refractivity contribution < 1.29 is 14.6 Å². The molecule has 0 saturated carbocycles. The van der Waals surface area contributed by atoms with Gasteiger partial charge in [0.25, 0.3) is 0 Å². The first-order chi connectivity index (χ1) is 12.5. The lowest BCUT2D eigenvalue weighted by Crippen LogP contribution is -2.49. The third-order valence-electron chi connectivity index (χ3n) is 4.94. The Balaban J connectivity index is 1.78. The third-order valence-corrected chi connectivity index (χ3v) is 5.17. The smallest absolute Gasteiger partial charge is 0.227 e. The Morgan fingerprint density at radius 2 is 1.96 bits per heavy atom. The van der Waals surface area contributed by atoms with Gasteiger partial charge in [-0.3, -0.25) is 4.79 Å². The van der Waals surface area contributed by atoms with Gasteiger partial charge in [0, 0.05) is 24.6 Å². The lowest BCUT2D eigenvalue weighted by Gasteiger charge is -2.33. The molecule has 0 spiro atoms. The SMILES string of the molecule is CC1OCCC1(O)CN(Cc1ccccc1)C(=O)Cc1cccc(Cl)c1. The summed E-state index contributed by atoms with van der Waals surface area (Å²) < 4.78 is 5.53. The Kier molecular flexibility index (Phi) is 5.97. The summed E-state index contributed by atoms with van der Waals surface area (Å²) >= 11 is 6.03. The highest BCUT2D eigenvalue weighted by Crippen LogP contribution is 2.27. The van der Waals surface area contributed by atoms with Crippen molar-refractivity contribution >= 4 is 17.5 Å². The van der Waals surface area contributed by atoms with Crippen molar-refractivity contribution in [1.82, 2.24) is 4.90 Å². The quantitative estimate of drug-likeness (QED) is 0.843. The Hall–Kier alpha value is -1.88. The van der Waals surface area contributed by atoms with Crippen molar-refractivity contribution in [2.45, 2.75) is 38.0 Å². The minimum Gasteiger partial charge on any atom is -0.385 e. The number of benzene rings is 2. The van der Waals surface area contributed by atoms with Crippen molar-refractivity contribution in [3.63, 3.8) is 0 Å². The van der Waals surface area contributed by atoms with Crippen molar-refractivity contribution in [2.24, 2.45) is 0 Å². The summed E-state index contributed by atoms with van der Waals surface area (Å²) in [5.41, 5.74) is 0.879. The molecule has 4 nitrogen and oxygen atoms in total. The summed E-state index contributed by atoms with van der Waals surface area (Å²) in [5.74, 6) is -0.0383. The summed E-state index contributed by atoms with van der Waals surface area (Å²) in [6.07, 6.45) is 0.488. The zero-order valence-corrected chi connectivity index (χ0v) is 15.7. The molecule has 26 heavy (non-hydrogen) atoms. The predicted molar refractivity (Wildman–Crippen MR) is 102 cm³/mol. The highest BCUT2D eigenvalue weighted by Gasteiger charge is 2.41. The third kappa shape index (κ3) is 4.64. The van der Waals surface area contributed by atoms with Crippen LogP contribution in [-0.4, -0.2) is 40.8 Å². The minimum atomic E-state index is -1.02. The van der Waals surface area contributed by atoms with E-state index in [1.54, 1.807) is 17.0 Å². The number of hydrogen-bond acceptors (Lipinski definition) is 3. The Morgan fingerprint density at radius 1 is 1.23 bits per heavy atom. The molecule has 0 radical (unpaired) electrons. The van der Waals surface area contributed by atoms with E-state index in [-0.39, 0.29) is 25.0 Å². The molecule has 0 bridgehead atoms. The zero-order valence-electron chi connectivity index (χ0n) is 14.9. The molecule has 0 aromatic heterocycles. The number of ether oxygens (including phenoxy) is 1. The average Bonchev–Trinajstić information content (AvgIpc) is 2.94. The molecule has 3 rings (SSSR count). The molecule has 2 aromatic rings. The fourth-order valence-electron chi connectivity index (χ4n) is 3.28. The Morgan fingerprint density at radius 3 is 2.62 bits per heavy atom. The van der Waals surface area contributed by atoms with Crippen molar-refractivity contribution in [3.05, 3.63) is 70.7 Å². The van der Waals surface area contributed by atoms with Crippen LogP contribution in [0.1, 0.15) is 24.5 Å². The second-order valence-corrected chi connectivity index (χ2v) is 7.35. The fourth-order valence-corrected chi connectivity index (χ4v) is 3.49. The minimum absolute atomic E-state index is 0.0383. The monoisotopic (exact) mass is 373 g/mol. The number of carbonyl (C=O) groups excluding carboxylic acids is 1. The first kappa shape index (κ1) is 18.9. The lowest BCUT2D eigenvalue weighted by atomic mass is 9.95. The van der Waals surface area contributed by atoms with E-state index in [2.05, 4.69) is 0 Å². The van der Waals surface area contributed by atoms with Gasteiger partial charge in [0.1, 0.15) is 5.60 Å². The van der Waals surface area contributed by atoms with Crippen LogP contribution in [0.2, 0.25) is 5.02 Å². The highest BCUT2D eigenvalue weighted by molar-refractivity contribution is 6.30. The van der Waals surface area contributed by atoms with Gasteiger partial charge in [-0.2, -0.15) is 0 Å². The largest absolute Gasteiger partial charge is 0.385 e. The molecular formula is C21H24ClNO3. The predicted octanol–water partition coefficient (Wildman–Crippen LogP) is 3.45. The summed E-state index contributed by atoms with van der Waals surface area (Å²) in [4.78, 5) is 14.7. The second kappa shape index (κ2) is 8.21. The van der Waals surface area contributed by atoms with Crippen LogP contribution in [-0.2, 0) is 22.5 Å². The number of hydrogen-bond donors (Lipinski definition) is 1. The van der Waals surface area contributed by atoms with E-state index >= 15 is 0 Å². The zero-order chi connectivity index (χ0) is 18.6. The van der Waals surface area contributed by atoms with Crippen LogP contribution in [0.25, 0.3) is 0 Å². The highest BCUT2D eigenvalue weighted by atomic mass is 35.5. The molecular weight excluding hydrogens is 350 g/mol. The summed E-state index contributed by atoms with van der Waals surface area (Å²) in [5, 5.41) is 11.5. The number of rotatable bonds is 6. The molecule has 2 unspecified atom stereocenters. The number of halogens is 1. The molecule has 1 fully saturated rings. The van der Waals surface area contributed by atoms with Gasteiger partial charge in [-0.05, 0) is 30.2 Å². The average molecular weight is 374 g/mol. The van der Waals surface area contributed by atoms with Crippen LogP contribution < -0.4 is 0 Å². The maximum Gasteiger partial charge on any atom is 0.227 e. The summed E-state index contributed by atoms with van der Waals surface area (Å²) in [6, 6.07) is 17.1. The fraction of sp³-hybridized carbons (Fsp3) is 0.381. The maximum atomic E-state index is 13.0. The molecule has 1 heterocycles. The van der Waals surface area contributed by atoms with E-state index < -0.39 is 5.60 Å². The van der Waals surface area contributed by atoms with E-state index in [1.165, 1.54) is 0 Å². The van der Waals surface area contributed by atoms with Gasteiger partial charge < -0.3 is 14.7 Å². The van der Waals surface area contributed by atoms with Crippen LogP contribution >= 0.6 is 11.6 Å². The van der Waals surface area contributed by atoms with E-state index in [0.717, 1.165) is 11.1 Å². The number of aliphatic hydroxyl groups is 1. The molecule has 1 N–H and O–H groups in total. The van der Waals surface area contributed by atoms with Crippen molar-refractivity contribution in [2.75, 3.05) is 13.2 Å².